The van der Waals surface area contributed by atoms with E-state index in [2.05, 4.69) is 48.6 Å². The summed E-state index contributed by atoms with van der Waals surface area (Å²) in [6.07, 6.45) is 17.7. The van der Waals surface area contributed by atoms with Gasteiger partial charge in [-0.05, 0) is 0 Å². The molecule has 68 valence electrons. The van der Waals surface area contributed by atoms with Crippen molar-refractivity contribution in [3.63, 3.8) is 0 Å². The maximum Gasteiger partial charge on any atom is 0.148 e. The Morgan fingerprint density at radius 1 is 0.571 bits per heavy atom. The van der Waals surface area contributed by atoms with Gasteiger partial charge in [0, 0.05) is 48.6 Å². The van der Waals surface area contributed by atoms with Crippen molar-refractivity contribution in [3.8, 4) is 0 Å². The number of quaternary nitrogens is 1. The van der Waals surface area contributed by atoms with Crippen molar-refractivity contribution in [2.24, 2.45) is 0 Å². The first-order valence-corrected chi connectivity index (χ1v) is 4.54. The Bertz CT molecular complexity index is 417. The highest BCUT2D eigenvalue weighted by Crippen LogP contribution is 2.53. The van der Waals surface area contributed by atoms with E-state index in [0.29, 0.717) is 0 Å². The van der Waals surface area contributed by atoms with Crippen LogP contribution in [0.4, 0.5) is 0 Å². The van der Waals surface area contributed by atoms with Gasteiger partial charge in [-0.15, -0.1) is 0 Å². The van der Waals surface area contributed by atoms with Crippen LogP contribution in [0, 0.1) is 0 Å². The summed E-state index contributed by atoms with van der Waals surface area (Å²) in [5.74, 6) is 0. The van der Waals surface area contributed by atoms with Gasteiger partial charge < -0.3 is 24.0 Å². The van der Waals surface area contributed by atoms with Gasteiger partial charge in [0.25, 0.3) is 0 Å². The first-order chi connectivity index (χ1) is 6.42. The van der Waals surface area contributed by atoms with Crippen LogP contribution in [0.3, 0.4) is 0 Å². The lowest BCUT2D eigenvalue weighted by Crippen LogP contribution is -3.00. The van der Waals surface area contributed by atoms with E-state index < -0.39 is 0 Å². The molecule has 2 heteroatoms. The summed E-state index contributed by atoms with van der Waals surface area (Å²) in [7, 11) is 0. The van der Waals surface area contributed by atoms with Gasteiger partial charge in [-0.3, -0.25) is 0 Å². The number of rotatable bonds is 0. The van der Waals surface area contributed by atoms with Crippen LogP contribution in [-0.2, 0) is 0 Å². The van der Waals surface area contributed by atoms with Gasteiger partial charge >= 0.3 is 0 Å². The Balaban J connectivity index is 0.000000640. The molecule has 1 nitrogen and oxygen atoms in total. The van der Waals surface area contributed by atoms with E-state index >= 15 is 0 Å². The molecule has 4 aliphatic heterocycles. The standard InChI is InChI=1S/C12H8N.HI/c1-2-10-4-3-9(1)13(10)11-5-6-12(13)8-7-11;/h1-8H;1H/q+1;/p-1. The second-order valence-electron chi connectivity index (χ2n) is 3.70. The summed E-state index contributed by atoms with van der Waals surface area (Å²) in [5.41, 5.74) is 5.54. The third-order valence-corrected chi connectivity index (χ3v) is 3.25. The minimum Gasteiger partial charge on any atom is -1.00 e. The Hall–Kier alpha value is -0.870. The number of nitrogens with zero attached hydrogens (tertiary/aromatic N) is 1. The summed E-state index contributed by atoms with van der Waals surface area (Å²) in [5, 5.41) is 0. The molecular weight excluding hydrogens is 285 g/mol. The Morgan fingerprint density at radius 2 is 0.857 bits per heavy atom. The summed E-state index contributed by atoms with van der Waals surface area (Å²) in [6, 6.07) is 0. The fourth-order valence-corrected chi connectivity index (χ4v) is 2.69. The van der Waals surface area contributed by atoms with Crippen molar-refractivity contribution in [2.45, 2.75) is 0 Å². The smallest absolute Gasteiger partial charge is 0.148 e. The molecule has 0 aromatic rings. The van der Waals surface area contributed by atoms with E-state index in [1.54, 1.807) is 0 Å². The van der Waals surface area contributed by atoms with Gasteiger partial charge in [-0.1, -0.05) is 0 Å². The van der Waals surface area contributed by atoms with Crippen molar-refractivity contribution in [3.05, 3.63) is 71.4 Å². The second-order valence-corrected chi connectivity index (χ2v) is 3.70. The van der Waals surface area contributed by atoms with Gasteiger partial charge in [0.1, 0.15) is 22.8 Å². The fourth-order valence-electron chi connectivity index (χ4n) is 2.69. The van der Waals surface area contributed by atoms with E-state index in [9.17, 15) is 0 Å². The summed E-state index contributed by atoms with van der Waals surface area (Å²) in [6.45, 7) is 0. The van der Waals surface area contributed by atoms with Crippen LogP contribution >= 0.6 is 0 Å². The van der Waals surface area contributed by atoms with Crippen LogP contribution in [0.1, 0.15) is 0 Å². The SMILES string of the molecule is C1=CC2=CC=C1[N+]21C2=CC=C1C=C2.[I-]. The molecule has 0 aliphatic carbocycles. The highest BCUT2D eigenvalue weighted by Gasteiger charge is 2.52. The lowest BCUT2D eigenvalue weighted by Gasteiger charge is -2.27. The van der Waals surface area contributed by atoms with Crippen molar-refractivity contribution >= 4 is 0 Å². The number of allylic oxidation sites excluding steroid dienone is 8. The van der Waals surface area contributed by atoms with Crippen LogP contribution < -0.4 is 24.0 Å². The number of hydrogen-bond acceptors (Lipinski definition) is 0. The third-order valence-electron chi connectivity index (χ3n) is 3.25. The molecule has 0 saturated heterocycles. The number of halogens is 1. The van der Waals surface area contributed by atoms with E-state index in [1.165, 1.54) is 22.8 Å². The molecule has 0 aromatic carbocycles. The zero-order valence-corrected chi connectivity index (χ0v) is 9.60. The lowest BCUT2D eigenvalue weighted by molar-refractivity contribution is -0.748. The molecular formula is C12H8IN. The molecule has 4 aliphatic rings. The van der Waals surface area contributed by atoms with E-state index in [1.807, 2.05) is 0 Å². The van der Waals surface area contributed by atoms with Crippen molar-refractivity contribution in [1.82, 2.24) is 0 Å². The molecule has 0 fully saturated rings. The van der Waals surface area contributed by atoms with Crippen LogP contribution in [0.15, 0.2) is 71.4 Å². The topological polar surface area (TPSA) is 0 Å². The predicted molar refractivity (Wildman–Crippen MR) is 50.9 cm³/mol. The molecule has 4 heterocycles. The second kappa shape index (κ2) is 2.38. The van der Waals surface area contributed by atoms with Gasteiger partial charge in [-0.25, -0.2) is 0 Å². The van der Waals surface area contributed by atoms with Crippen LogP contribution in [0.25, 0.3) is 0 Å². The van der Waals surface area contributed by atoms with Crippen LogP contribution in [-0.4, -0.2) is 4.48 Å². The van der Waals surface area contributed by atoms with E-state index in [4.69, 9.17) is 0 Å². The minimum atomic E-state index is 0. The van der Waals surface area contributed by atoms with Crippen molar-refractivity contribution in [2.75, 3.05) is 0 Å². The highest BCUT2D eigenvalue weighted by atomic mass is 127. The molecule has 0 amide bonds. The molecule has 0 saturated carbocycles. The third kappa shape index (κ3) is 0.614. The molecule has 0 radical (unpaired) electrons. The molecule has 4 rings (SSSR count). The van der Waals surface area contributed by atoms with Crippen molar-refractivity contribution in [1.29, 1.82) is 0 Å². The van der Waals surface area contributed by atoms with Gasteiger partial charge in [-0.2, -0.15) is 4.48 Å². The first kappa shape index (κ1) is 8.44. The molecule has 0 N–H and O–H groups in total. The maximum absolute atomic E-state index is 2.22. The zero-order chi connectivity index (χ0) is 8.47. The predicted octanol–water partition coefficient (Wildman–Crippen LogP) is -0.490. The minimum absolute atomic E-state index is 0. The summed E-state index contributed by atoms with van der Waals surface area (Å²) in [4.78, 5) is 0. The quantitative estimate of drug-likeness (QED) is 0.418. The normalized spacial score (nSPS) is 26.3. The maximum atomic E-state index is 2.22. The molecule has 0 unspecified atom stereocenters. The highest BCUT2D eigenvalue weighted by molar-refractivity contribution is 5.54. The van der Waals surface area contributed by atoms with Crippen molar-refractivity contribution < 1.29 is 28.5 Å². The monoisotopic (exact) mass is 293 g/mol. The first-order valence-electron chi connectivity index (χ1n) is 4.54. The van der Waals surface area contributed by atoms with E-state index in [-0.39, 0.29) is 24.0 Å². The summed E-state index contributed by atoms with van der Waals surface area (Å²) >= 11 is 0. The lowest BCUT2D eigenvalue weighted by atomic mass is 10.3. The van der Waals surface area contributed by atoms with Gasteiger partial charge in [0.2, 0.25) is 0 Å². The zero-order valence-electron chi connectivity index (χ0n) is 7.44. The molecule has 0 aromatic heterocycles. The Kier molecular flexibility index (Phi) is 1.43. The fraction of sp³-hybridized carbons (Fsp3) is 0. The summed E-state index contributed by atoms with van der Waals surface area (Å²) < 4.78 is 0.889. The molecule has 0 atom stereocenters. The van der Waals surface area contributed by atoms with E-state index in [0.717, 1.165) is 4.48 Å². The largest absolute Gasteiger partial charge is 1.00 e. The molecule has 1 spiro atoms. The van der Waals surface area contributed by atoms with Gasteiger partial charge in [0.05, 0.1) is 0 Å². The molecule has 14 heavy (non-hydrogen) atoms. The van der Waals surface area contributed by atoms with Crippen LogP contribution in [0.5, 0.6) is 0 Å². The van der Waals surface area contributed by atoms with Crippen LogP contribution in [0.2, 0.25) is 0 Å². The average molecular weight is 293 g/mol. The average Bonchev–Trinajstić information content (AvgIpc) is 2.92. The Labute approximate surface area is 99.7 Å². The molecule has 4 bridgehead atoms. The number of hydrogen-bond donors (Lipinski definition) is 0. The van der Waals surface area contributed by atoms with Gasteiger partial charge in [0.15, 0.2) is 0 Å². The Morgan fingerprint density at radius 3 is 1.07 bits per heavy atom.